The number of para-hydroxylation sites is 1. The molecular formula is C19H16F6N2O. The molecular weight excluding hydrogens is 386 g/mol. The van der Waals surface area contributed by atoms with Gasteiger partial charge in [-0.2, -0.15) is 26.3 Å². The van der Waals surface area contributed by atoms with Crippen LogP contribution in [-0.4, -0.2) is 22.3 Å². The topological polar surface area (TPSA) is 45.5 Å². The van der Waals surface area contributed by atoms with Crippen molar-refractivity contribution in [3.05, 3.63) is 53.2 Å². The highest BCUT2D eigenvalue weighted by Crippen LogP contribution is 2.39. The summed E-state index contributed by atoms with van der Waals surface area (Å²) >= 11 is 0. The van der Waals surface area contributed by atoms with Gasteiger partial charge in [-0.1, -0.05) is 24.3 Å². The van der Waals surface area contributed by atoms with E-state index in [4.69, 9.17) is 0 Å². The van der Waals surface area contributed by atoms with Crippen molar-refractivity contribution >= 4 is 17.1 Å². The van der Waals surface area contributed by atoms with Gasteiger partial charge in [0.1, 0.15) is 11.8 Å². The van der Waals surface area contributed by atoms with Crippen molar-refractivity contribution in [2.45, 2.75) is 43.8 Å². The van der Waals surface area contributed by atoms with E-state index in [0.717, 1.165) is 12.5 Å². The standard InChI is InChI=1S/C19H16F6N2O/c20-18(21,22)13-7-5-6-11-12(10-15(19(23,24)25)27-16(11)13)17(28)14-8-3-1-2-4-9-26-14/h3,5-10,14,17,28H,1-2,4H2/b8-3-,26-9?. The summed E-state index contributed by atoms with van der Waals surface area (Å²) in [7, 11) is 0. The summed E-state index contributed by atoms with van der Waals surface area (Å²) in [6.45, 7) is 0. The summed E-state index contributed by atoms with van der Waals surface area (Å²) in [6, 6.07) is 2.65. The van der Waals surface area contributed by atoms with Crippen molar-refractivity contribution in [2.24, 2.45) is 4.99 Å². The van der Waals surface area contributed by atoms with Crippen LogP contribution in [0.15, 0.2) is 41.4 Å². The van der Waals surface area contributed by atoms with Gasteiger partial charge in [-0.15, -0.1) is 0 Å². The number of pyridine rings is 1. The molecule has 1 aromatic heterocycles. The molecule has 0 spiro atoms. The Kier molecular flexibility index (Phi) is 5.47. The number of hydrogen-bond acceptors (Lipinski definition) is 3. The van der Waals surface area contributed by atoms with E-state index in [1.165, 1.54) is 6.07 Å². The zero-order valence-corrected chi connectivity index (χ0v) is 14.4. The lowest BCUT2D eigenvalue weighted by Crippen LogP contribution is -2.18. The lowest BCUT2D eigenvalue weighted by Gasteiger charge is -2.21. The number of aromatic nitrogens is 1. The first kappa shape index (κ1) is 20.3. The smallest absolute Gasteiger partial charge is 0.386 e. The summed E-state index contributed by atoms with van der Waals surface area (Å²) < 4.78 is 79.8. The minimum absolute atomic E-state index is 0.194. The maximum Gasteiger partial charge on any atom is 0.433 e. The highest BCUT2D eigenvalue weighted by Gasteiger charge is 2.38. The Bertz CT molecular complexity index is 903. The van der Waals surface area contributed by atoms with Gasteiger partial charge in [0.05, 0.1) is 17.1 Å². The van der Waals surface area contributed by atoms with Gasteiger partial charge in [0, 0.05) is 5.39 Å². The fraction of sp³-hybridized carbons (Fsp3) is 0.368. The molecule has 0 bridgehead atoms. The summed E-state index contributed by atoms with van der Waals surface area (Å²) in [4.78, 5) is 7.37. The number of hydrogen-bond donors (Lipinski definition) is 1. The maximum absolute atomic E-state index is 13.3. The Hall–Kier alpha value is -2.42. The van der Waals surface area contributed by atoms with Crippen LogP contribution in [0.5, 0.6) is 0 Å². The van der Waals surface area contributed by atoms with Crippen molar-refractivity contribution in [2.75, 3.05) is 0 Å². The molecule has 1 N–H and O–H groups in total. The van der Waals surface area contributed by atoms with Crippen molar-refractivity contribution in [1.82, 2.24) is 4.98 Å². The molecule has 150 valence electrons. The molecule has 9 heteroatoms. The quantitative estimate of drug-likeness (QED) is 0.534. The van der Waals surface area contributed by atoms with Crippen molar-refractivity contribution < 1.29 is 31.4 Å². The van der Waals surface area contributed by atoms with E-state index in [1.807, 2.05) is 0 Å². The van der Waals surface area contributed by atoms with Crippen LogP contribution < -0.4 is 0 Å². The molecule has 28 heavy (non-hydrogen) atoms. The molecule has 1 aliphatic rings. The Morgan fingerprint density at radius 3 is 2.46 bits per heavy atom. The molecule has 3 nitrogen and oxygen atoms in total. The second-order valence-corrected chi connectivity index (χ2v) is 6.42. The SMILES string of the molecule is OC(c1cc(C(F)(F)F)nc2c(C(F)(F)F)cccc12)C1/C=C\CCCC=N1. The van der Waals surface area contributed by atoms with Crippen LogP contribution in [0.2, 0.25) is 0 Å². The third-order valence-corrected chi connectivity index (χ3v) is 4.42. The molecule has 1 aromatic carbocycles. The van der Waals surface area contributed by atoms with E-state index in [-0.39, 0.29) is 10.9 Å². The zero-order chi connectivity index (χ0) is 20.5. The third-order valence-electron chi connectivity index (χ3n) is 4.42. The minimum Gasteiger partial charge on any atom is -0.386 e. The number of fused-ring (bicyclic) bond motifs is 1. The van der Waals surface area contributed by atoms with Gasteiger partial charge >= 0.3 is 12.4 Å². The Labute approximate surface area is 156 Å². The van der Waals surface area contributed by atoms with Gasteiger partial charge in [0.25, 0.3) is 0 Å². The fourth-order valence-corrected chi connectivity index (χ4v) is 3.07. The second kappa shape index (κ2) is 7.54. The number of halogens is 6. The van der Waals surface area contributed by atoms with Crippen LogP contribution in [0.3, 0.4) is 0 Å². The molecule has 2 aromatic rings. The van der Waals surface area contributed by atoms with Crippen LogP contribution >= 0.6 is 0 Å². The summed E-state index contributed by atoms with van der Waals surface area (Å²) in [5.74, 6) is 0. The monoisotopic (exact) mass is 402 g/mol. The lowest BCUT2D eigenvalue weighted by molar-refractivity contribution is -0.142. The molecule has 0 fully saturated rings. The number of nitrogens with zero attached hydrogens (tertiary/aromatic N) is 2. The largest absolute Gasteiger partial charge is 0.433 e. The number of benzene rings is 1. The fourth-order valence-electron chi connectivity index (χ4n) is 3.07. The average molecular weight is 402 g/mol. The Morgan fingerprint density at radius 2 is 1.79 bits per heavy atom. The minimum atomic E-state index is -4.97. The number of allylic oxidation sites excluding steroid dienone is 1. The third kappa shape index (κ3) is 4.19. The normalized spacial score (nSPS) is 20.6. The average Bonchev–Trinajstić information content (AvgIpc) is 2.57. The van der Waals surface area contributed by atoms with Crippen molar-refractivity contribution in [3.63, 3.8) is 0 Å². The van der Waals surface area contributed by atoms with Gasteiger partial charge < -0.3 is 5.11 Å². The van der Waals surface area contributed by atoms with E-state index in [9.17, 15) is 31.4 Å². The van der Waals surface area contributed by atoms with E-state index < -0.39 is 41.3 Å². The van der Waals surface area contributed by atoms with Crippen LogP contribution in [0.25, 0.3) is 10.9 Å². The van der Waals surface area contributed by atoms with Crippen LogP contribution in [-0.2, 0) is 12.4 Å². The van der Waals surface area contributed by atoms with E-state index in [1.54, 1.807) is 18.4 Å². The van der Waals surface area contributed by atoms with E-state index >= 15 is 0 Å². The summed E-state index contributed by atoms with van der Waals surface area (Å²) in [5.41, 5.74) is -3.93. The highest BCUT2D eigenvalue weighted by molar-refractivity contribution is 5.86. The van der Waals surface area contributed by atoms with Gasteiger partial charge in [-0.3, -0.25) is 4.99 Å². The molecule has 0 amide bonds. The van der Waals surface area contributed by atoms with E-state index in [2.05, 4.69) is 9.98 Å². The predicted molar refractivity (Wildman–Crippen MR) is 92.0 cm³/mol. The molecule has 0 radical (unpaired) electrons. The first-order chi connectivity index (χ1) is 13.1. The van der Waals surface area contributed by atoms with Crippen LogP contribution in [0.4, 0.5) is 26.3 Å². The number of rotatable bonds is 2. The van der Waals surface area contributed by atoms with E-state index in [0.29, 0.717) is 25.0 Å². The number of alkyl halides is 6. The van der Waals surface area contributed by atoms with Crippen LogP contribution in [0.1, 0.15) is 42.2 Å². The van der Waals surface area contributed by atoms with Gasteiger partial charge in [0.15, 0.2) is 0 Å². The van der Waals surface area contributed by atoms with Gasteiger partial charge in [-0.05, 0) is 43.2 Å². The van der Waals surface area contributed by atoms with Gasteiger partial charge in [-0.25, -0.2) is 4.98 Å². The molecule has 0 aliphatic carbocycles. The Balaban J connectivity index is 2.24. The van der Waals surface area contributed by atoms with Crippen molar-refractivity contribution in [3.8, 4) is 0 Å². The molecule has 2 atom stereocenters. The van der Waals surface area contributed by atoms with Gasteiger partial charge in [0.2, 0.25) is 0 Å². The molecule has 1 aliphatic heterocycles. The molecule has 3 rings (SSSR count). The number of aliphatic imine (C=N–C) groups is 1. The molecule has 0 saturated heterocycles. The molecule has 2 heterocycles. The van der Waals surface area contributed by atoms with Crippen LogP contribution in [0, 0.1) is 0 Å². The van der Waals surface area contributed by atoms with Crippen molar-refractivity contribution in [1.29, 1.82) is 0 Å². The molecule has 0 saturated carbocycles. The second-order valence-electron chi connectivity index (χ2n) is 6.42. The first-order valence-electron chi connectivity index (χ1n) is 8.53. The zero-order valence-electron chi connectivity index (χ0n) is 14.4. The first-order valence-corrected chi connectivity index (χ1v) is 8.53. The maximum atomic E-state index is 13.3. The lowest BCUT2D eigenvalue weighted by atomic mass is 9.95. The highest BCUT2D eigenvalue weighted by atomic mass is 19.4. The number of aliphatic hydroxyl groups excluding tert-OH is 1. The predicted octanol–water partition coefficient (Wildman–Crippen LogP) is 5.49. The number of aliphatic hydroxyl groups is 1. The summed E-state index contributed by atoms with van der Waals surface area (Å²) in [5, 5.41) is 10.5. The summed E-state index contributed by atoms with van der Waals surface area (Å²) in [6.07, 6.45) is -4.37. The Morgan fingerprint density at radius 1 is 1.04 bits per heavy atom. The molecule has 2 unspecified atom stereocenters.